The molecule has 2 rings (SSSR count). The van der Waals surface area contributed by atoms with Gasteiger partial charge >= 0.3 is 0 Å². The summed E-state index contributed by atoms with van der Waals surface area (Å²) < 4.78 is 5.45. The first-order valence-corrected chi connectivity index (χ1v) is 6.52. The Kier molecular flexibility index (Phi) is 4.27. The molecule has 19 heavy (non-hydrogen) atoms. The van der Waals surface area contributed by atoms with Crippen molar-refractivity contribution in [1.29, 1.82) is 0 Å². The topological polar surface area (TPSA) is 71.1 Å². The van der Waals surface area contributed by atoms with Crippen LogP contribution in [0.25, 0.3) is 0 Å². The van der Waals surface area contributed by atoms with Gasteiger partial charge in [-0.15, -0.1) is 0 Å². The minimum atomic E-state index is 0.148. The quantitative estimate of drug-likeness (QED) is 0.377. The van der Waals surface area contributed by atoms with Crippen LogP contribution < -0.4 is 10.6 Å². The maximum absolute atomic E-state index is 8.90. The van der Waals surface area contributed by atoms with Gasteiger partial charge < -0.3 is 20.6 Å². The van der Waals surface area contributed by atoms with Gasteiger partial charge in [-0.25, -0.2) is 0 Å². The molecular weight excluding hydrogens is 242 g/mol. The lowest BCUT2D eigenvalue weighted by atomic mass is 10.0. The van der Waals surface area contributed by atoms with Crippen LogP contribution in [-0.4, -0.2) is 37.3 Å². The van der Waals surface area contributed by atoms with Crippen LogP contribution in [-0.2, 0) is 4.74 Å². The second-order valence-corrected chi connectivity index (χ2v) is 4.95. The van der Waals surface area contributed by atoms with Crippen molar-refractivity contribution in [3.63, 3.8) is 0 Å². The molecule has 0 spiro atoms. The predicted octanol–water partition coefficient (Wildman–Crippen LogP) is 1.70. The van der Waals surface area contributed by atoms with E-state index in [0.29, 0.717) is 0 Å². The van der Waals surface area contributed by atoms with Crippen molar-refractivity contribution in [2.75, 3.05) is 25.1 Å². The average molecular weight is 263 g/mol. The summed E-state index contributed by atoms with van der Waals surface area (Å²) in [7, 11) is 1.74. The molecule has 1 aromatic carbocycles. The van der Waals surface area contributed by atoms with Crippen molar-refractivity contribution in [3.05, 3.63) is 29.3 Å². The Hall–Kier alpha value is -1.75. The van der Waals surface area contributed by atoms with Crippen LogP contribution in [0.3, 0.4) is 0 Å². The molecule has 0 radical (unpaired) electrons. The minimum Gasteiger partial charge on any atom is -0.409 e. The van der Waals surface area contributed by atoms with Gasteiger partial charge in [0, 0.05) is 31.5 Å². The fraction of sp³-hybridized carbons (Fsp3) is 0.500. The molecule has 104 valence electrons. The van der Waals surface area contributed by atoms with E-state index in [1.165, 1.54) is 0 Å². The van der Waals surface area contributed by atoms with Crippen molar-refractivity contribution in [3.8, 4) is 0 Å². The number of amidine groups is 1. The summed E-state index contributed by atoms with van der Waals surface area (Å²) >= 11 is 0. The molecule has 1 aliphatic heterocycles. The fourth-order valence-corrected chi connectivity index (χ4v) is 2.52. The zero-order chi connectivity index (χ0) is 13.8. The smallest absolute Gasteiger partial charge is 0.172 e. The second kappa shape index (κ2) is 5.93. The molecule has 1 heterocycles. The van der Waals surface area contributed by atoms with Crippen LogP contribution in [0.1, 0.15) is 24.0 Å². The van der Waals surface area contributed by atoms with Crippen LogP contribution in [0.2, 0.25) is 0 Å². The Morgan fingerprint density at radius 1 is 1.53 bits per heavy atom. The van der Waals surface area contributed by atoms with Gasteiger partial charge in [-0.1, -0.05) is 11.2 Å². The second-order valence-electron chi connectivity index (χ2n) is 4.95. The maximum atomic E-state index is 8.90. The molecule has 1 atom stereocenters. The third kappa shape index (κ3) is 2.98. The summed E-state index contributed by atoms with van der Waals surface area (Å²) in [5, 5.41) is 12.0. The number of hydrogen-bond acceptors (Lipinski definition) is 4. The van der Waals surface area contributed by atoms with Gasteiger partial charge in [0.05, 0.1) is 6.10 Å². The molecule has 1 saturated heterocycles. The Morgan fingerprint density at radius 2 is 2.32 bits per heavy atom. The number of oxime groups is 1. The number of aryl methyl sites for hydroxylation is 1. The molecule has 0 aromatic heterocycles. The summed E-state index contributed by atoms with van der Waals surface area (Å²) in [6.45, 7) is 3.85. The largest absolute Gasteiger partial charge is 0.409 e. The molecule has 1 unspecified atom stereocenters. The molecule has 5 nitrogen and oxygen atoms in total. The fourth-order valence-electron chi connectivity index (χ4n) is 2.52. The number of hydrogen-bond donors (Lipinski definition) is 2. The summed E-state index contributed by atoms with van der Waals surface area (Å²) in [6.07, 6.45) is 2.41. The third-order valence-corrected chi connectivity index (χ3v) is 3.59. The Balaban J connectivity index is 2.34. The molecular formula is C14H21N3O2. The molecule has 0 amide bonds. The number of benzene rings is 1. The standard InChI is InChI=1S/C14H21N3O2/c1-10-5-6-12(14(15)16-18)13(8-10)17-7-3-4-11(9-17)19-2/h5-6,8,11,18H,3-4,7,9H2,1-2H3,(H2,15,16). The van der Waals surface area contributed by atoms with Crippen LogP contribution in [0.15, 0.2) is 23.4 Å². The normalized spacial score (nSPS) is 20.6. The van der Waals surface area contributed by atoms with Gasteiger partial charge in [-0.05, 0) is 37.5 Å². The molecule has 1 aliphatic rings. The number of nitrogens with zero attached hydrogens (tertiary/aromatic N) is 2. The number of nitrogens with two attached hydrogens (primary N) is 1. The summed E-state index contributed by atoms with van der Waals surface area (Å²) in [5.74, 6) is 0.148. The molecule has 0 aliphatic carbocycles. The van der Waals surface area contributed by atoms with Crippen molar-refractivity contribution >= 4 is 11.5 Å². The van der Waals surface area contributed by atoms with Gasteiger partial charge in [0.2, 0.25) is 0 Å². The van der Waals surface area contributed by atoms with E-state index < -0.39 is 0 Å². The number of methoxy groups -OCH3 is 1. The molecule has 1 fully saturated rings. The first kappa shape index (κ1) is 13.7. The van der Waals surface area contributed by atoms with Crippen LogP contribution in [0.5, 0.6) is 0 Å². The Labute approximate surface area is 113 Å². The summed E-state index contributed by atoms with van der Waals surface area (Å²) in [4.78, 5) is 2.25. The zero-order valence-corrected chi connectivity index (χ0v) is 11.5. The van der Waals surface area contributed by atoms with Gasteiger partial charge in [-0.3, -0.25) is 0 Å². The van der Waals surface area contributed by atoms with Gasteiger partial charge in [0.15, 0.2) is 5.84 Å². The maximum Gasteiger partial charge on any atom is 0.172 e. The summed E-state index contributed by atoms with van der Waals surface area (Å²) in [5.41, 5.74) is 8.70. The number of rotatable bonds is 3. The highest BCUT2D eigenvalue weighted by Crippen LogP contribution is 2.26. The van der Waals surface area contributed by atoms with E-state index in [1.54, 1.807) is 7.11 Å². The van der Waals surface area contributed by atoms with Gasteiger partial charge in [-0.2, -0.15) is 0 Å². The lowest BCUT2D eigenvalue weighted by molar-refractivity contribution is 0.0893. The Bertz CT molecular complexity index is 474. The average Bonchev–Trinajstić information content (AvgIpc) is 2.46. The molecule has 5 heteroatoms. The third-order valence-electron chi connectivity index (χ3n) is 3.59. The lowest BCUT2D eigenvalue weighted by Crippen LogP contribution is -2.40. The van der Waals surface area contributed by atoms with Crippen molar-refractivity contribution in [2.24, 2.45) is 10.9 Å². The first-order chi connectivity index (χ1) is 9.15. The number of ether oxygens (including phenoxy) is 1. The van der Waals surface area contributed by atoms with E-state index in [2.05, 4.69) is 16.1 Å². The number of piperidine rings is 1. The van der Waals surface area contributed by atoms with Crippen LogP contribution in [0.4, 0.5) is 5.69 Å². The van der Waals surface area contributed by atoms with Crippen LogP contribution >= 0.6 is 0 Å². The van der Waals surface area contributed by atoms with Crippen molar-refractivity contribution in [2.45, 2.75) is 25.9 Å². The molecule has 3 N–H and O–H groups in total. The SMILES string of the molecule is COC1CCCN(c2cc(C)ccc2/C(N)=N/O)C1. The monoisotopic (exact) mass is 263 g/mol. The van der Waals surface area contributed by atoms with Crippen molar-refractivity contribution < 1.29 is 9.94 Å². The number of anilines is 1. The zero-order valence-electron chi connectivity index (χ0n) is 11.5. The van der Waals surface area contributed by atoms with E-state index in [9.17, 15) is 0 Å². The molecule has 1 aromatic rings. The van der Waals surface area contributed by atoms with E-state index >= 15 is 0 Å². The highest BCUT2D eigenvalue weighted by atomic mass is 16.5. The lowest BCUT2D eigenvalue weighted by Gasteiger charge is -2.34. The van der Waals surface area contributed by atoms with E-state index in [4.69, 9.17) is 15.7 Å². The first-order valence-electron chi connectivity index (χ1n) is 6.52. The highest BCUT2D eigenvalue weighted by molar-refractivity contribution is 6.02. The molecule has 0 saturated carbocycles. The predicted molar refractivity (Wildman–Crippen MR) is 75.9 cm³/mol. The van der Waals surface area contributed by atoms with E-state index in [1.807, 2.05) is 19.1 Å². The van der Waals surface area contributed by atoms with E-state index in [-0.39, 0.29) is 11.9 Å². The minimum absolute atomic E-state index is 0.148. The van der Waals surface area contributed by atoms with Gasteiger partial charge in [0.25, 0.3) is 0 Å². The van der Waals surface area contributed by atoms with Crippen LogP contribution in [0, 0.1) is 6.92 Å². The van der Waals surface area contributed by atoms with Crippen molar-refractivity contribution in [1.82, 2.24) is 0 Å². The van der Waals surface area contributed by atoms with Gasteiger partial charge in [0.1, 0.15) is 0 Å². The van der Waals surface area contributed by atoms with E-state index in [0.717, 1.165) is 42.7 Å². The molecule has 0 bridgehead atoms. The Morgan fingerprint density at radius 3 is 3.00 bits per heavy atom. The summed E-state index contributed by atoms with van der Waals surface area (Å²) in [6, 6.07) is 5.94. The highest BCUT2D eigenvalue weighted by Gasteiger charge is 2.22.